The molecule has 1 fully saturated rings. The first-order valence-electron chi connectivity index (χ1n) is 7.77. The molecule has 0 aromatic heterocycles. The molecule has 2 N–H and O–H groups in total. The SMILES string of the molecule is O=C1NCCCCC1Oc1ccc(C2=CCNCC2)cc1. The molecule has 4 nitrogen and oxygen atoms in total. The number of rotatable bonds is 3. The highest BCUT2D eigenvalue weighted by Gasteiger charge is 2.22. The molecule has 1 aromatic rings. The van der Waals surface area contributed by atoms with Gasteiger partial charge in [-0.2, -0.15) is 0 Å². The predicted octanol–water partition coefficient (Wildman–Crippen LogP) is 2.11. The van der Waals surface area contributed by atoms with Crippen LogP contribution in [0.25, 0.3) is 5.57 Å². The van der Waals surface area contributed by atoms with Gasteiger partial charge in [-0.1, -0.05) is 18.2 Å². The van der Waals surface area contributed by atoms with Gasteiger partial charge in [-0.3, -0.25) is 4.79 Å². The Hall–Kier alpha value is -1.81. The average Bonchev–Trinajstić information content (AvgIpc) is 2.74. The molecule has 0 bridgehead atoms. The summed E-state index contributed by atoms with van der Waals surface area (Å²) in [6, 6.07) is 8.11. The lowest BCUT2D eigenvalue weighted by molar-refractivity contribution is -0.127. The van der Waals surface area contributed by atoms with E-state index in [-0.39, 0.29) is 12.0 Å². The summed E-state index contributed by atoms with van der Waals surface area (Å²) in [6.45, 7) is 2.74. The number of hydrogen-bond donors (Lipinski definition) is 2. The summed E-state index contributed by atoms with van der Waals surface area (Å²) in [5.41, 5.74) is 2.63. The normalized spacial score (nSPS) is 23.0. The number of benzene rings is 1. The monoisotopic (exact) mass is 286 g/mol. The van der Waals surface area contributed by atoms with Crippen LogP contribution in [0.1, 0.15) is 31.2 Å². The van der Waals surface area contributed by atoms with Crippen LogP contribution >= 0.6 is 0 Å². The van der Waals surface area contributed by atoms with E-state index in [2.05, 4.69) is 28.8 Å². The molecule has 1 aromatic carbocycles. The van der Waals surface area contributed by atoms with E-state index in [9.17, 15) is 4.79 Å². The minimum Gasteiger partial charge on any atom is -0.481 e. The molecule has 2 aliphatic heterocycles. The zero-order valence-corrected chi connectivity index (χ0v) is 12.2. The fraction of sp³-hybridized carbons (Fsp3) is 0.471. The Balaban J connectivity index is 1.66. The molecule has 2 aliphatic rings. The number of carbonyl (C=O) groups is 1. The molecular weight excluding hydrogens is 264 g/mol. The molecule has 0 saturated carbocycles. The van der Waals surface area contributed by atoms with Gasteiger partial charge in [0.25, 0.3) is 5.91 Å². The molecule has 21 heavy (non-hydrogen) atoms. The second kappa shape index (κ2) is 6.76. The van der Waals surface area contributed by atoms with Crippen molar-refractivity contribution in [1.29, 1.82) is 0 Å². The van der Waals surface area contributed by atoms with Crippen molar-refractivity contribution < 1.29 is 9.53 Å². The molecule has 0 aliphatic carbocycles. The third-order valence-electron chi connectivity index (χ3n) is 4.05. The zero-order chi connectivity index (χ0) is 14.5. The van der Waals surface area contributed by atoms with Crippen molar-refractivity contribution in [3.8, 4) is 5.75 Å². The number of ether oxygens (including phenoxy) is 1. The van der Waals surface area contributed by atoms with Crippen molar-refractivity contribution >= 4 is 11.5 Å². The van der Waals surface area contributed by atoms with Crippen LogP contribution in [0.5, 0.6) is 5.75 Å². The lowest BCUT2D eigenvalue weighted by Gasteiger charge is -2.17. The Morgan fingerprint density at radius 1 is 1.10 bits per heavy atom. The lowest BCUT2D eigenvalue weighted by atomic mass is 10.0. The molecule has 0 spiro atoms. The fourth-order valence-electron chi connectivity index (χ4n) is 2.82. The summed E-state index contributed by atoms with van der Waals surface area (Å²) < 4.78 is 5.85. The van der Waals surface area contributed by atoms with Crippen LogP contribution in [-0.4, -0.2) is 31.6 Å². The van der Waals surface area contributed by atoms with Gasteiger partial charge in [-0.15, -0.1) is 0 Å². The van der Waals surface area contributed by atoms with Gasteiger partial charge >= 0.3 is 0 Å². The highest BCUT2D eigenvalue weighted by atomic mass is 16.5. The number of hydrogen-bond acceptors (Lipinski definition) is 3. The van der Waals surface area contributed by atoms with Gasteiger partial charge in [0, 0.05) is 13.1 Å². The van der Waals surface area contributed by atoms with Crippen LogP contribution in [0.3, 0.4) is 0 Å². The Bertz CT molecular complexity index is 522. The van der Waals surface area contributed by atoms with Crippen LogP contribution in [0, 0.1) is 0 Å². The maximum Gasteiger partial charge on any atom is 0.261 e. The molecular formula is C17H22N2O2. The molecule has 0 radical (unpaired) electrons. The third kappa shape index (κ3) is 3.64. The van der Waals surface area contributed by atoms with Crippen LogP contribution in [-0.2, 0) is 4.79 Å². The van der Waals surface area contributed by atoms with Gasteiger partial charge in [0.2, 0.25) is 0 Å². The zero-order valence-electron chi connectivity index (χ0n) is 12.2. The molecule has 1 unspecified atom stereocenters. The van der Waals surface area contributed by atoms with Crippen molar-refractivity contribution in [2.24, 2.45) is 0 Å². The second-order valence-corrected chi connectivity index (χ2v) is 5.60. The first-order valence-corrected chi connectivity index (χ1v) is 7.77. The standard InChI is InChI=1S/C17H22N2O2/c20-17-16(3-1-2-10-19-17)21-15-6-4-13(5-7-15)14-8-11-18-12-9-14/h4-8,16,18H,1-3,9-12H2,(H,19,20). The molecule has 3 rings (SSSR count). The molecule has 4 heteroatoms. The van der Waals surface area contributed by atoms with E-state index < -0.39 is 0 Å². The number of nitrogens with one attached hydrogen (secondary N) is 2. The molecule has 2 heterocycles. The van der Waals surface area contributed by atoms with E-state index in [1.54, 1.807) is 0 Å². The summed E-state index contributed by atoms with van der Waals surface area (Å²) in [5.74, 6) is 0.785. The summed E-state index contributed by atoms with van der Waals surface area (Å²) in [6.07, 6.45) is 5.80. The lowest BCUT2D eigenvalue weighted by Crippen LogP contribution is -2.36. The van der Waals surface area contributed by atoms with E-state index in [1.165, 1.54) is 11.1 Å². The predicted molar refractivity (Wildman–Crippen MR) is 83.2 cm³/mol. The largest absolute Gasteiger partial charge is 0.481 e. The fourth-order valence-corrected chi connectivity index (χ4v) is 2.82. The van der Waals surface area contributed by atoms with E-state index in [1.807, 2.05) is 12.1 Å². The summed E-state index contributed by atoms with van der Waals surface area (Å²) in [4.78, 5) is 11.9. The van der Waals surface area contributed by atoms with E-state index in [0.29, 0.717) is 0 Å². The number of amides is 1. The highest BCUT2D eigenvalue weighted by Crippen LogP contribution is 2.23. The first kappa shape index (κ1) is 14.1. The van der Waals surface area contributed by atoms with Crippen LogP contribution in [0.4, 0.5) is 0 Å². The summed E-state index contributed by atoms with van der Waals surface area (Å²) in [7, 11) is 0. The Kier molecular flexibility index (Phi) is 4.55. The van der Waals surface area contributed by atoms with Gasteiger partial charge < -0.3 is 15.4 Å². The van der Waals surface area contributed by atoms with E-state index in [0.717, 1.165) is 51.1 Å². The topological polar surface area (TPSA) is 50.4 Å². The Morgan fingerprint density at radius 3 is 2.71 bits per heavy atom. The summed E-state index contributed by atoms with van der Waals surface area (Å²) in [5, 5.41) is 6.21. The van der Waals surface area contributed by atoms with Crippen LogP contribution in [0.2, 0.25) is 0 Å². The second-order valence-electron chi connectivity index (χ2n) is 5.60. The van der Waals surface area contributed by atoms with Gasteiger partial charge in [-0.05, 0) is 55.5 Å². The van der Waals surface area contributed by atoms with Gasteiger partial charge in [0.05, 0.1) is 0 Å². The van der Waals surface area contributed by atoms with Gasteiger partial charge in [-0.25, -0.2) is 0 Å². The maximum absolute atomic E-state index is 11.9. The Morgan fingerprint density at radius 2 is 1.95 bits per heavy atom. The molecule has 1 amide bonds. The van der Waals surface area contributed by atoms with Crippen LogP contribution < -0.4 is 15.4 Å². The van der Waals surface area contributed by atoms with Crippen molar-refractivity contribution in [2.45, 2.75) is 31.8 Å². The van der Waals surface area contributed by atoms with Gasteiger partial charge in [0.15, 0.2) is 6.10 Å². The quantitative estimate of drug-likeness (QED) is 0.895. The first-order chi connectivity index (χ1) is 10.3. The number of carbonyl (C=O) groups excluding carboxylic acids is 1. The third-order valence-corrected chi connectivity index (χ3v) is 4.05. The smallest absolute Gasteiger partial charge is 0.261 e. The van der Waals surface area contributed by atoms with E-state index in [4.69, 9.17) is 4.74 Å². The Labute approximate surface area is 125 Å². The van der Waals surface area contributed by atoms with Crippen molar-refractivity contribution in [2.75, 3.05) is 19.6 Å². The molecule has 112 valence electrons. The van der Waals surface area contributed by atoms with Crippen molar-refractivity contribution in [1.82, 2.24) is 10.6 Å². The van der Waals surface area contributed by atoms with Crippen molar-refractivity contribution in [3.63, 3.8) is 0 Å². The molecule has 1 saturated heterocycles. The van der Waals surface area contributed by atoms with E-state index >= 15 is 0 Å². The maximum atomic E-state index is 11.9. The molecule has 1 atom stereocenters. The van der Waals surface area contributed by atoms with Crippen molar-refractivity contribution in [3.05, 3.63) is 35.9 Å². The minimum atomic E-state index is -0.351. The minimum absolute atomic E-state index is 0.0117. The summed E-state index contributed by atoms with van der Waals surface area (Å²) >= 11 is 0. The van der Waals surface area contributed by atoms with Gasteiger partial charge in [0.1, 0.15) is 5.75 Å². The average molecular weight is 286 g/mol. The highest BCUT2D eigenvalue weighted by molar-refractivity contribution is 5.81. The van der Waals surface area contributed by atoms with Crippen LogP contribution in [0.15, 0.2) is 30.3 Å².